The summed E-state index contributed by atoms with van der Waals surface area (Å²) in [6, 6.07) is 39.2. The van der Waals surface area contributed by atoms with E-state index in [4.69, 9.17) is 14.5 Å². The van der Waals surface area contributed by atoms with E-state index >= 15 is 0 Å². The summed E-state index contributed by atoms with van der Waals surface area (Å²) in [6.45, 7) is 0. The quantitative estimate of drug-likeness (QED) is 0.269. The zero-order chi connectivity index (χ0) is 23.3. The van der Waals surface area contributed by atoms with Crippen LogP contribution in [0.25, 0.3) is 44.8 Å². The molecule has 0 aliphatic carbocycles. The van der Waals surface area contributed by atoms with Gasteiger partial charge in [-0.25, -0.2) is 4.98 Å². The molecule has 3 heteroatoms. The lowest BCUT2D eigenvalue weighted by Crippen LogP contribution is -1.97. The van der Waals surface area contributed by atoms with Gasteiger partial charge >= 0.3 is 0 Å². The molecular formula is C31H25NO2. The molecule has 0 saturated carbocycles. The summed E-state index contributed by atoms with van der Waals surface area (Å²) < 4.78 is 10.8. The minimum absolute atomic E-state index is 0.828. The Balaban J connectivity index is 1.80. The summed E-state index contributed by atoms with van der Waals surface area (Å²) in [4.78, 5) is 5.29. The van der Waals surface area contributed by atoms with Crippen molar-refractivity contribution >= 4 is 0 Å². The van der Waals surface area contributed by atoms with E-state index in [-0.39, 0.29) is 0 Å². The molecule has 1 heterocycles. The van der Waals surface area contributed by atoms with Crippen LogP contribution in [0.15, 0.2) is 115 Å². The van der Waals surface area contributed by atoms with Crippen LogP contribution in [0, 0.1) is 0 Å². The van der Waals surface area contributed by atoms with Crippen LogP contribution in [-0.2, 0) is 0 Å². The molecule has 0 unspecified atom stereocenters. The van der Waals surface area contributed by atoms with Gasteiger partial charge in [0.25, 0.3) is 0 Å². The smallest absolute Gasteiger partial charge is 0.118 e. The van der Waals surface area contributed by atoms with Crippen molar-refractivity contribution in [3.63, 3.8) is 0 Å². The number of pyridine rings is 1. The van der Waals surface area contributed by atoms with Crippen molar-refractivity contribution < 1.29 is 9.47 Å². The van der Waals surface area contributed by atoms with Crippen molar-refractivity contribution in [2.75, 3.05) is 14.2 Å². The number of aromatic nitrogens is 1. The number of benzene rings is 4. The number of hydrogen-bond acceptors (Lipinski definition) is 3. The first-order chi connectivity index (χ1) is 16.8. The standard InChI is InChI=1S/C31H25NO2/c1-33-26-17-13-22(14-18-26)28-21-29(23-15-19-27(34-2)20-16-23)31(25-11-7-4-8-12-25)32-30(28)24-9-5-3-6-10-24/h3-21H,1-2H3. The number of methoxy groups -OCH3 is 2. The molecule has 166 valence electrons. The molecule has 0 spiro atoms. The third-order valence-corrected chi connectivity index (χ3v) is 5.92. The van der Waals surface area contributed by atoms with Gasteiger partial charge in [0.2, 0.25) is 0 Å². The maximum atomic E-state index is 5.38. The van der Waals surface area contributed by atoms with Gasteiger partial charge in [-0.2, -0.15) is 0 Å². The minimum atomic E-state index is 0.828. The predicted octanol–water partition coefficient (Wildman–Crippen LogP) is 7.77. The first-order valence-corrected chi connectivity index (χ1v) is 11.2. The summed E-state index contributed by atoms with van der Waals surface area (Å²) >= 11 is 0. The van der Waals surface area contributed by atoms with Crippen LogP contribution in [0.4, 0.5) is 0 Å². The maximum absolute atomic E-state index is 5.38. The highest BCUT2D eigenvalue weighted by Gasteiger charge is 2.17. The van der Waals surface area contributed by atoms with Gasteiger partial charge in [0.1, 0.15) is 11.5 Å². The Labute approximate surface area is 200 Å². The number of hydrogen-bond donors (Lipinski definition) is 0. The third kappa shape index (κ3) is 4.28. The van der Waals surface area contributed by atoms with E-state index in [1.165, 1.54) is 0 Å². The fourth-order valence-electron chi connectivity index (χ4n) is 4.13. The van der Waals surface area contributed by atoms with Gasteiger partial charge in [-0.3, -0.25) is 0 Å². The highest BCUT2D eigenvalue weighted by Crippen LogP contribution is 2.40. The third-order valence-electron chi connectivity index (χ3n) is 5.92. The van der Waals surface area contributed by atoms with Crippen molar-refractivity contribution in [1.82, 2.24) is 4.98 Å². The Bertz CT molecular complexity index is 1270. The molecule has 4 aromatic carbocycles. The molecule has 0 radical (unpaired) electrons. The van der Waals surface area contributed by atoms with E-state index in [9.17, 15) is 0 Å². The van der Waals surface area contributed by atoms with Gasteiger partial charge in [0, 0.05) is 22.3 Å². The van der Waals surface area contributed by atoms with E-state index in [2.05, 4.69) is 54.6 Å². The predicted molar refractivity (Wildman–Crippen MR) is 139 cm³/mol. The molecule has 5 aromatic rings. The van der Waals surface area contributed by atoms with E-state index < -0.39 is 0 Å². The zero-order valence-corrected chi connectivity index (χ0v) is 19.2. The fourth-order valence-corrected chi connectivity index (χ4v) is 4.13. The van der Waals surface area contributed by atoms with Crippen LogP contribution in [-0.4, -0.2) is 19.2 Å². The highest BCUT2D eigenvalue weighted by molar-refractivity contribution is 5.91. The highest BCUT2D eigenvalue weighted by atomic mass is 16.5. The summed E-state index contributed by atoms with van der Waals surface area (Å²) in [5.41, 5.74) is 8.35. The topological polar surface area (TPSA) is 31.4 Å². The minimum Gasteiger partial charge on any atom is -0.497 e. The normalized spacial score (nSPS) is 10.6. The molecule has 0 atom stereocenters. The number of ether oxygens (including phenoxy) is 2. The molecule has 0 fully saturated rings. The molecular weight excluding hydrogens is 418 g/mol. The van der Waals surface area contributed by atoms with E-state index in [0.29, 0.717) is 0 Å². The largest absolute Gasteiger partial charge is 0.497 e. The maximum Gasteiger partial charge on any atom is 0.118 e. The van der Waals surface area contributed by atoms with Gasteiger partial charge in [-0.1, -0.05) is 84.9 Å². The molecule has 0 aliphatic heterocycles. The van der Waals surface area contributed by atoms with Crippen molar-refractivity contribution in [1.29, 1.82) is 0 Å². The van der Waals surface area contributed by atoms with Crippen molar-refractivity contribution in [3.8, 4) is 56.3 Å². The monoisotopic (exact) mass is 443 g/mol. The Morgan fingerprint density at radius 3 is 1.18 bits per heavy atom. The van der Waals surface area contributed by atoms with E-state index in [0.717, 1.165) is 56.3 Å². The lowest BCUT2D eigenvalue weighted by atomic mass is 9.92. The SMILES string of the molecule is COc1ccc(-c2cc(-c3ccc(OC)cc3)c(-c3ccccc3)nc2-c2ccccc2)cc1. The Hall–Kier alpha value is -4.37. The van der Waals surface area contributed by atoms with E-state index in [1.54, 1.807) is 14.2 Å². The molecule has 0 amide bonds. The van der Waals surface area contributed by atoms with Crippen LogP contribution in [0.1, 0.15) is 0 Å². The van der Waals surface area contributed by atoms with Crippen LogP contribution < -0.4 is 9.47 Å². The molecule has 0 aliphatic rings. The van der Waals surface area contributed by atoms with Crippen molar-refractivity contribution in [2.24, 2.45) is 0 Å². The van der Waals surface area contributed by atoms with Gasteiger partial charge < -0.3 is 9.47 Å². The second-order valence-electron chi connectivity index (χ2n) is 7.97. The molecule has 34 heavy (non-hydrogen) atoms. The molecule has 0 N–H and O–H groups in total. The molecule has 0 saturated heterocycles. The summed E-state index contributed by atoms with van der Waals surface area (Å²) in [5.74, 6) is 1.66. The van der Waals surface area contributed by atoms with Crippen molar-refractivity contribution in [2.45, 2.75) is 0 Å². The molecule has 0 bridgehead atoms. The zero-order valence-electron chi connectivity index (χ0n) is 19.2. The van der Waals surface area contributed by atoms with Crippen LogP contribution in [0.3, 0.4) is 0 Å². The molecule has 1 aromatic heterocycles. The lowest BCUT2D eigenvalue weighted by Gasteiger charge is -2.17. The average Bonchev–Trinajstić information content (AvgIpc) is 2.93. The first-order valence-electron chi connectivity index (χ1n) is 11.2. The summed E-state index contributed by atoms with van der Waals surface area (Å²) in [5, 5.41) is 0. The Morgan fingerprint density at radius 1 is 0.441 bits per heavy atom. The van der Waals surface area contributed by atoms with Gasteiger partial charge in [-0.15, -0.1) is 0 Å². The van der Waals surface area contributed by atoms with Crippen LogP contribution in [0.2, 0.25) is 0 Å². The second kappa shape index (κ2) is 9.63. The summed E-state index contributed by atoms with van der Waals surface area (Å²) in [6.07, 6.45) is 0. The Kier molecular flexibility index (Phi) is 6.09. The fraction of sp³-hybridized carbons (Fsp3) is 0.0645. The number of nitrogens with zero attached hydrogens (tertiary/aromatic N) is 1. The van der Waals surface area contributed by atoms with Crippen LogP contribution >= 0.6 is 0 Å². The number of rotatable bonds is 6. The van der Waals surface area contributed by atoms with E-state index in [1.807, 2.05) is 60.7 Å². The lowest BCUT2D eigenvalue weighted by molar-refractivity contribution is 0.415. The van der Waals surface area contributed by atoms with Crippen molar-refractivity contribution in [3.05, 3.63) is 115 Å². The summed E-state index contributed by atoms with van der Waals surface area (Å²) in [7, 11) is 3.37. The van der Waals surface area contributed by atoms with Gasteiger partial charge in [0.15, 0.2) is 0 Å². The Morgan fingerprint density at radius 2 is 0.824 bits per heavy atom. The average molecular weight is 444 g/mol. The molecule has 5 rings (SSSR count). The van der Waals surface area contributed by atoms with Gasteiger partial charge in [-0.05, 0) is 41.5 Å². The van der Waals surface area contributed by atoms with Crippen LogP contribution in [0.5, 0.6) is 11.5 Å². The van der Waals surface area contributed by atoms with Gasteiger partial charge in [0.05, 0.1) is 25.6 Å². The molecule has 3 nitrogen and oxygen atoms in total. The first kappa shape index (κ1) is 21.5. The second-order valence-corrected chi connectivity index (χ2v) is 7.97.